The van der Waals surface area contributed by atoms with Crippen LogP contribution in [0.25, 0.3) is 0 Å². The summed E-state index contributed by atoms with van der Waals surface area (Å²) in [6, 6.07) is 3.30. The molecule has 3 nitrogen and oxygen atoms in total. The number of hydrogen-bond donors (Lipinski definition) is 1. The number of halogens is 1. The Morgan fingerprint density at radius 2 is 1.61 bits per heavy atom. The van der Waals surface area contributed by atoms with Crippen LogP contribution >= 0.6 is 11.6 Å². The van der Waals surface area contributed by atoms with Gasteiger partial charge in [-0.25, -0.2) is 0 Å². The molecule has 0 amide bonds. The van der Waals surface area contributed by atoms with Crippen molar-refractivity contribution in [2.75, 3.05) is 0 Å². The van der Waals surface area contributed by atoms with Gasteiger partial charge < -0.3 is 14.4 Å². The predicted octanol–water partition coefficient (Wildman–Crippen LogP) is 2.65. The van der Waals surface area contributed by atoms with Crippen LogP contribution < -0.4 is 5.46 Å². The number of aromatic hydroxyl groups is 1. The molecule has 1 fully saturated rings. The molecule has 0 bridgehead atoms. The lowest BCUT2D eigenvalue weighted by Gasteiger charge is -2.32. The Kier molecular flexibility index (Phi) is 3.17. The van der Waals surface area contributed by atoms with E-state index in [9.17, 15) is 5.11 Å². The van der Waals surface area contributed by atoms with Gasteiger partial charge in [0.25, 0.3) is 0 Å². The average molecular weight is 269 g/mol. The summed E-state index contributed by atoms with van der Waals surface area (Å²) in [5, 5.41) is 10.5. The maximum atomic E-state index is 10.0. The lowest BCUT2D eigenvalue weighted by molar-refractivity contribution is 0.00578. The van der Waals surface area contributed by atoms with Gasteiger partial charge in [-0.2, -0.15) is 0 Å². The molecule has 1 N–H and O–H groups in total. The van der Waals surface area contributed by atoms with Gasteiger partial charge in [0.15, 0.2) is 0 Å². The van der Waals surface area contributed by atoms with E-state index in [0.717, 1.165) is 5.56 Å². The van der Waals surface area contributed by atoms with Crippen LogP contribution in [0, 0.1) is 6.92 Å². The molecule has 5 heteroatoms. The van der Waals surface area contributed by atoms with Crippen molar-refractivity contribution in [1.29, 1.82) is 0 Å². The molecule has 0 saturated carbocycles. The van der Waals surface area contributed by atoms with E-state index in [-0.39, 0.29) is 5.75 Å². The number of phenolic OH excluding ortho intramolecular Hbond substituents is 1. The summed E-state index contributed by atoms with van der Waals surface area (Å²) in [6.45, 7) is 9.81. The van der Waals surface area contributed by atoms with Crippen molar-refractivity contribution in [1.82, 2.24) is 0 Å². The van der Waals surface area contributed by atoms with Crippen LogP contribution in [-0.2, 0) is 9.31 Å². The van der Waals surface area contributed by atoms with Gasteiger partial charge >= 0.3 is 7.12 Å². The van der Waals surface area contributed by atoms with E-state index >= 15 is 0 Å². The Balaban J connectivity index is 2.42. The van der Waals surface area contributed by atoms with Crippen LogP contribution in [0.4, 0.5) is 0 Å². The summed E-state index contributed by atoms with van der Waals surface area (Å²) >= 11 is 5.90. The summed E-state index contributed by atoms with van der Waals surface area (Å²) in [6.07, 6.45) is 0. The lowest BCUT2D eigenvalue weighted by atomic mass is 9.75. The Bertz CT molecular complexity index is 446. The van der Waals surface area contributed by atoms with E-state index in [2.05, 4.69) is 0 Å². The summed E-state index contributed by atoms with van der Waals surface area (Å²) < 4.78 is 11.9. The highest BCUT2D eigenvalue weighted by Crippen LogP contribution is 2.37. The highest BCUT2D eigenvalue weighted by atomic mass is 35.5. The molecule has 0 radical (unpaired) electrons. The molecule has 1 heterocycles. The molecule has 1 saturated heterocycles. The fourth-order valence-corrected chi connectivity index (χ4v) is 2.27. The van der Waals surface area contributed by atoms with E-state index in [4.69, 9.17) is 20.9 Å². The van der Waals surface area contributed by atoms with Crippen molar-refractivity contribution in [3.05, 3.63) is 22.7 Å². The minimum atomic E-state index is -0.563. The van der Waals surface area contributed by atoms with Gasteiger partial charge in [-0.1, -0.05) is 11.6 Å². The molecular formula is C13H18BClO3. The highest BCUT2D eigenvalue weighted by Gasteiger charge is 2.52. The fraction of sp³-hybridized carbons (Fsp3) is 0.538. The van der Waals surface area contributed by atoms with E-state index in [1.807, 2.05) is 34.6 Å². The molecule has 2 rings (SSSR count). The van der Waals surface area contributed by atoms with E-state index in [1.165, 1.54) is 6.07 Å². The standard InChI is InChI=1S/C13H18BClO3/c1-8-6-9(15)7-10(16)11(8)14-17-12(2,3)13(4,5)18-14/h6-7,16H,1-5H3. The number of hydrogen-bond acceptors (Lipinski definition) is 3. The van der Waals surface area contributed by atoms with Crippen LogP contribution in [0.15, 0.2) is 12.1 Å². The van der Waals surface area contributed by atoms with Crippen LogP contribution in [0.1, 0.15) is 33.3 Å². The van der Waals surface area contributed by atoms with Gasteiger partial charge in [-0.05, 0) is 52.3 Å². The second kappa shape index (κ2) is 4.15. The summed E-state index contributed by atoms with van der Waals surface area (Å²) in [4.78, 5) is 0. The first kappa shape index (κ1) is 13.7. The Hall–Kier alpha value is -0.705. The molecule has 0 aliphatic carbocycles. The van der Waals surface area contributed by atoms with Gasteiger partial charge in [-0.15, -0.1) is 0 Å². The molecule has 0 spiro atoms. The molecule has 0 aromatic heterocycles. The molecule has 0 atom stereocenters. The Morgan fingerprint density at radius 3 is 2.06 bits per heavy atom. The number of phenols is 1. The fourth-order valence-electron chi connectivity index (χ4n) is 2.00. The molecule has 18 heavy (non-hydrogen) atoms. The minimum Gasteiger partial charge on any atom is -0.508 e. The molecule has 1 aromatic carbocycles. The summed E-state index contributed by atoms with van der Waals surface area (Å²) in [5.41, 5.74) is 0.670. The maximum absolute atomic E-state index is 10.0. The van der Waals surface area contributed by atoms with Crippen LogP contribution in [0.5, 0.6) is 5.75 Å². The summed E-state index contributed by atoms with van der Waals surface area (Å²) in [7, 11) is -0.563. The third-order valence-corrected chi connectivity index (χ3v) is 4.04. The predicted molar refractivity (Wildman–Crippen MR) is 73.6 cm³/mol. The first-order chi connectivity index (χ1) is 8.14. The zero-order valence-electron chi connectivity index (χ0n) is 11.4. The monoisotopic (exact) mass is 268 g/mol. The van der Waals surface area contributed by atoms with Crippen molar-refractivity contribution in [3.8, 4) is 5.75 Å². The van der Waals surface area contributed by atoms with Crippen molar-refractivity contribution >= 4 is 24.2 Å². The third-order valence-electron chi connectivity index (χ3n) is 3.82. The van der Waals surface area contributed by atoms with E-state index in [0.29, 0.717) is 10.5 Å². The Labute approximate surface area is 113 Å². The number of aryl methyl sites for hydroxylation is 1. The first-order valence-electron chi connectivity index (χ1n) is 5.99. The van der Waals surface area contributed by atoms with Crippen molar-refractivity contribution in [3.63, 3.8) is 0 Å². The number of benzene rings is 1. The lowest BCUT2D eigenvalue weighted by Crippen LogP contribution is -2.41. The minimum absolute atomic E-state index is 0.110. The first-order valence-corrected chi connectivity index (χ1v) is 6.36. The number of rotatable bonds is 1. The molecular weight excluding hydrogens is 250 g/mol. The zero-order valence-corrected chi connectivity index (χ0v) is 12.1. The average Bonchev–Trinajstić information content (AvgIpc) is 2.32. The summed E-state index contributed by atoms with van der Waals surface area (Å²) in [5.74, 6) is 0.110. The van der Waals surface area contributed by atoms with Gasteiger partial charge in [-0.3, -0.25) is 0 Å². The van der Waals surface area contributed by atoms with Gasteiger partial charge in [0, 0.05) is 10.5 Å². The van der Waals surface area contributed by atoms with E-state index in [1.54, 1.807) is 6.07 Å². The van der Waals surface area contributed by atoms with Gasteiger partial charge in [0.1, 0.15) is 5.75 Å². The molecule has 1 aliphatic heterocycles. The van der Waals surface area contributed by atoms with Gasteiger partial charge in [0.05, 0.1) is 11.2 Å². The molecule has 98 valence electrons. The molecule has 1 aromatic rings. The maximum Gasteiger partial charge on any atom is 0.498 e. The van der Waals surface area contributed by atoms with Crippen LogP contribution in [0.2, 0.25) is 5.02 Å². The van der Waals surface area contributed by atoms with Crippen molar-refractivity contribution < 1.29 is 14.4 Å². The van der Waals surface area contributed by atoms with E-state index < -0.39 is 18.3 Å². The second-order valence-corrected chi connectivity index (χ2v) is 6.18. The molecule has 1 aliphatic rings. The highest BCUT2D eigenvalue weighted by molar-refractivity contribution is 6.63. The van der Waals surface area contributed by atoms with Crippen molar-refractivity contribution in [2.24, 2.45) is 0 Å². The smallest absolute Gasteiger partial charge is 0.498 e. The normalized spacial score (nSPS) is 21.3. The zero-order chi connectivity index (χ0) is 13.7. The van der Waals surface area contributed by atoms with Gasteiger partial charge in [0.2, 0.25) is 0 Å². The Morgan fingerprint density at radius 1 is 1.11 bits per heavy atom. The van der Waals surface area contributed by atoms with Crippen LogP contribution in [0.3, 0.4) is 0 Å². The SMILES string of the molecule is Cc1cc(Cl)cc(O)c1B1OC(C)(C)C(C)(C)O1. The largest absolute Gasteiger partial charge is 0.508 e. The second-order valence-electron chi connectivity index (χ2n) is 5.74. The molecule has 0 unspecified atom stereocenters. The van der Waals surface area contributed by atoms with Crippen LogP contribution in [-0.4, -0.2) is 23.4 Å². The topological polar surface area (TPSA) is 38.7 Å². The quantitative estimate of drug-likeness (QED) is 0.796. The van der Waals surface area contributed by atoms with Crippen molar-refractivity contribution in [2.45, 2.75) is 45.8 Å². The third kappa shape index (κ3) is 2.13.